The first kappa shape index (κ1) is 15.0. The Morgan fingerprint density at radius 1 is 1.25 bits per heavy atom. The second kappa shape index (κ2) is 7.44. The van der Waals surface area contributed by atoms with E-state index >= 15 is 0 Å². The monoisotopic (exact) mass is 274 g/mol. The first-order chi connectivity index (χ1) is 9.70. The van der Waals surface area contributed by atoms with Gasteiger partial charge in [0.05, 0.1) is 0 Å². The molecule has 2 N–H and O–H groups in total. The molecule has 0 radical (unpaired) electrons. The predicted molar refractivity (Wildman–Crippen MR) is 83.6 cm³/mol. The van der Waals surface area contributed by atoms with Gasteiger partial charge in [0.2, 0.25) is 5.91 Å². The molecule has 0 aliphatic heterocycles. The lowest BCUT2D eigenvalue weighted by Crippen LogP contribution is -2.24. The third-order valence-corrected chi connectivity index (χ3v) is 4.18. The van der Waals surface area contributed by atoms with Crippen LogP contribution in [0.4, 0.5) is 5.69 Å². The van der Waals surface area contributed by atoms with Gasteiger partial charge in [-0.25, -0.2) is 0 Å². The smallest absolute Gasteiger partial charge is 0.227 e. The molecule has 20 heavy (non-hydrogen) atoms. The van der Waals surface area contributed by atoms with Gasteiger partial charge in [-0.2, -0.15) is 0 Å². The van der Waals surface area contributed by atoms with E-state index in [0.29, 0.717) is 5.92 Å². The highest BCUT2D eigenvalue weighted by Crippen LogP contribution is 2.32. The van der Waals surface area contributed by atoms with Crippen molar-refractivity contribution in [2.45, 2.75) is 46.1 Å². The Hall–Kier alpha value is -1.35. The molecule has 1 aromatic rings. The Balaban J connectivity index is 1.85. The summed E-state index contributed by atoms with van der Waals surface area (Å²) in [5.41, 5.74) is 2.17. The summed E-state index contributed by atoms with van der Waals surface area (Å²) in [6.45, 7) is 6.27. The zero-order valence-corrected chi connectivity index (χ0v) is 12.6. The number of carbonyl (C=O) groups is 1. The van der Waals surface area contributed by atoms with E-state index in [0.717, 1.165) is 31.6 Å². The van der Waals surface area contributed by atoms with Gasteiger partial charge in [0.1, 0.15) is 0 Å². The Kier molecular flexibility index (Phi) is 5.60. The average Bonchev–Trinajstić information content (AvgIpc) is 2.87. The lowest BCUT2D eigenvalue weighted by molar-refractivity contribution is -0.120. The maximum absolute atomic E-state index is 12.2. The van der Waals surface area contributed by atoms with Gasteiger partial charge in [-0.1, -0.05) is 32.4 Å². The van der Waals surface area contributed by atoms with Gasteiger partial charge in [-0.05, 0) is 49.4 Å². The minimum atomic E-state index is 0.187. The Morgan fingerprint density at radius 3 is 2.60 bits per heavy atom. The van der Waals surface area contributed by atoms with Crippen molar-refractivity contribution in [3.63, 3.8) is 0 Å². The van der Waals surface area contributed by atoms with Crippen molar-refractivity contribution in [2.24, 2.45) is 11.8 Å². The number of benzene rings is 1. The van der Waals surface area contributed by atoms with Gasteiger partial charge in [0.15, 0.2) is 0 Å². The molecule has 110 valence electrons. The molecule has 0 saturated heterocycles. The highest BCUT2D eigenvalue weighted by atomic mass is 16.1. The number of carbonyl (C=O) groups excluding carboxylic acids is 1. The van der Waals surface area contributed by atoms with Crippen molar-refractivity contribution < 1.29 is 4.79 Å². The van der Waals surface area contributed by atoms with Crippen molar-refractivity contribution >= 4 is 11.6 Å². The van der Waals surface area contributed by atoms with Gasteiger partial charge in [0.25, 0.3) is 0 Å². The van der Waals surface area contributed by atoms with Crippen LogP contribution in [0.2, 0.25) is 0 Å². The van der Waals surface area contributed by atoms with Gasteiger partial charge in [-0.3, -0.25) is 4.79 Å². The summed E-state index contributed by atoms with van der Waals surface area (Å²) >= 11 is 0. The van der Waals surface area contributed by atoms with E-state index in [9.17, 15) is 4.79 Å². The van der Waals surface area contributed by atoms with Crippen LogP contribution in [0.5, 0.6) is 0 Å². The van der Waals surface area contributed by atoms with E-state index in [4.69, 9.17) is 0 Å². The van der Waals surface area contributed by atoms with Crippen LogP contribution in [0.15, 0.2) is 24.3 Å². The van der Waals surface area contributed by atoms with Crippen molar-refractivity contribution in [3.05, 3.63) is 29.8 Å². The number of rotatable bonds is 6. The topological polar surface area (TPSA) is 41.1 Å². The maximum atomic E-state index is 12.2. The minimum absolute atomic E-state index is 0.187. The van der Waals surface area contributed by atoms with Crippen LogP contribution in [0.1, 0.15) is 45.1 Å². The molecule has 3 heteroatoms. The number of amides is 1. The van der Waals surface area contributed by atoms with E-state index in [1.54, 1.807) is 0 Å². The second-order valence-corrected chi connectivity index (χ2v) is 5.88. The Morgan fingerprint density at radius 2 is 2.00 bits per heavy atom. The van der Waals surface area contributed by atoms with Crippen molar-refractivity contribution in [1.29, 1.82) is 0 Å². The Bertz CT molecular complexity index is 427. The van der Waals surface area contributed by atoms with E-state index in [-0.39, 0.29) is 11.8 Å². The molecule has 1 aromatic carbocycles. The zero-order chi connectivity index (χ0) is 14.4. The van der Waals surface area contributed by atoms with E-state index < -0.39 is 0 Å². The third kappa shape index (κ3) is 4.07. The van der Waals surface area contributed by atoms with Gasteiger partial charge in [-0.15, -0.1) is 0 Å². The summed E-state index contributed by atoms with van der Waals surface area (Å²) in [5, 5.41) is 6.42. The second-order valence-electron chi connectivity index (χ2n) is 5.88. The third-order valence-electron chi connectivity index (χ3n) is 4.18. The number of hydrogen-bond donors (Lipinski definition) is 2. The van der Waals surface area contributed by atoms with Crippen LogP contribution in [-0.4, -0.2) is 12.5 Å². The summed E-state index contributed by atoms with van der Waals surface area (Å²) in [6.07, 6.45) is 4.54. The molecule has 1 aliphatic rings. The normalized spacial score (nSPS) is 21.9. The molecule has 0 aromatic heterocycles. The maximum Gasteiger partial charge on any atom is 0.227 e. The summed E-state index contributed by atoms with van der Waals surface area (Å²) in [4.78, 5) is 12.2. The molecule has 1 aliphatic carbocycles. The zero-order valence-electron chi connectivity index (χ0n) is 12.6. The van der Waals surface area contributed by atoms with Crippen LogP contribution in [0, 0.1) is 11.8 Å². The predicted octanol–water partition coefficient (Wildman–Crippen LogP) is 3.56. The fourth-order valence-corrected chi connectivity index (χ4v) is 2.89. The van der Waals surface area contributed by atoms with Crippen molar-refractivity contribution in [3.8, 4) is 0 Å². The fraction of sp³-hybridized carbons (Fsp3) is 0.588. The van der Waals surface area contributed by atoms with Gasteiger partial charge < -0.3 is 10.6 Å². The number of nitrogens with one attached hydrogen (secondary N) is 2. The first-order valence-corrected chi connectivity index (χ1v) is 7.81. The molecule has 1 fully saturated rings. The summed E-state index contributed by atoms with van der Waals surface area (Å²) in [6, 6.07) is 8.16. The molecule has 0 heterocycles. The van der Waals surface area contributed by atoms with Crippen LogP contribution < -0.4 is 10.6 Å². The minimum Gasteiger partial charge on any atom is -0.326 e. The number of anilines is 1. The van der Waals surface area contributed by atoms with E-state index in [2.05, 4.69) is 36.6 Å². The highest BCUT2D eigenvalue weighted by molar-refractivity contribution is 5.92. The summed E-state index contributed by atoms with van der Waals surface area (Å²) in [7, 11) is 0. The summed E-state index contributed by atoms with van der Waals surface area (Å²) < 4.78 is 0. The quantitative estimate of drug-likeness (QED) is 0.779. The molecule has 3 nitrogen and oxygen atoms in total. The van der Waals surface area contributed by atoms with E-state index in [1.807, 2.05) is 12.1 Å². The Labute approximate surface area is 122 Å². The number of hydrogen-bond acceptors (Lipinski definition) is 2. The largest absolute Gasteiger partial charge is 0.326 e. The molecule has 2 rings (SSSR count). The fourth-order valence-electron chi connectivity index (χ4n) is 2.89. The molecule has 0 spiro atoms. The molecular formula is C17H26N2O. The van der Waals surface area contributed by atoms with Crippen molar-refractivity contribution in [1.82, 2.24) is 5.32 Å². The molecule has 1 saturated carbocycles. The standard InChI is InChI=1S/C17H26N2O/c1-3-11-18-12-14-7-9-15(10-8-14)19-17(20)16-6-4-5-13(16)2/h7-10,13,16,18H,3-6,11-12H2,1-2H3,(H,19,20). The SMILES string of the molecule is CCCNCc1ccc(NC(=O)C2CCCC2C)cc1. The molecule has 1 amide bonds. The van der Waals surface area contributed by atoms with E-state index in [1.165, 1.54) is 18.4 Å². The molecule has 2 atom stereocenters. The van der Waals surface area contributed by atoms with Gasteiger partial charge in [0, 0.05) is 18.2 Å². The van der Waals surface area contributed by atoms with Crippen LogP contribution in [0.25, 0.3) is 0 Å². The first-order valence-electron chi connectivity index (χ1n) is 7.81. The molecular weight excluding hydrogens is 248 g/mol. The molecule has 0 bridgehead atoms. The van der Waals surface area contributed by atoms with Gasteiger partial charge >= 0.3 is 0 Å². The van der Waals surface area contributed by atoms with Crippen LogP contribution in [-0.2, 0) is 11.3 Å². The molecule has 2 unspecified atom stereocenters. The lowest BCUT2D eigenvalue weighted by Gasteiger charge is -2.15. The van der Waals surface area contributed by atoms with Crippen LogP contribution >= 0.6 is 0 Å². The summed E-state index contributed by atoms with van der Waals surface area (Å²) in [5.74, 6) is 0.903. The average molecular weight is 274 g/mol. The van der Waals surface area contributed by atoms with Crippen molar-refractivity contribution in [2.75, 3.05) is 11.9 Å². The lowest BCUT2D eigenvalue weighted by atomic mass is 9.97. The highest BCUT2D eigenvalue weighted by Gasteiger charge is 2.29. The van der Waals surface area contributed by atoms with Crippen LogP contribution in [0.3, 0.4) is 0 Å².